The van der Waals surface area contributed by atoms with Gasteiger partial charge in [0.05, 0.1) is 6.61 Å². The Morgan fingerprint density at radius 1 is 1.20 bits per heavy atom. The second kappa shape index (κ2) is 7.08. The molecule has 0 heterocycles. The van der Waals surface area contributed by atoms with Crippen molar-refractivity contribution in [1.82, 2.24) is 0 Å². The molecule has 0 aliphatic heterocycles. The van der Waals surface area contributed by atoms with E-state index in [1.165, 1.54) is 24.8 Å². The van der Waals surface area contributed by atoms with Crippen LogP contribution in [0.4, 0.5) is 0 Å². The molecular weight excluding hydrogens is 244 g/mol. The van der Waals surface area contributed by atoms with Gasteiger partial charge in [-0.25, -0.2) is 0 Å². The molecule has 0 saturated carbocycles. The zero-order valence-corrected chi connectivity index (χ0v) is 13.1. The number of ether oxygens (including phenoxy) is 1. The minimum atomic E-state index is 0.355. The summed E-state index contributed by atoms with van der Waals surface area (Å²) in [6, 6.07) is 10.4. The largest absolute Gasteiger partial charge is 0.376 e. The Morgan fingerprint density at radius 2 is 1.95 bits per heavy atom. The van der Waals surface area contributed by atoms with E-state index in [4.69, 9.17) is 4.74 Å². The van der Waals surface area contributed by atoms with E-state index in [1.54, 1.807) is 0 Å². The van der Waals surface area contributed by atoms with Gasteiger partial charge in [0.2, 0.25) is 0 Å². The van der Waals surface area contributed by atoms with Crippen LogP contribution in [0.3, 0.4) is 0 Å². The highest BCUT2D eigenvalue weighted by Crippen LogP contribution is 2.41. The third-order valence-corrected chi connectivity index (χ3v) is 4.97. The minimum absolute atomic E-state index is 0.355. The summed E-state index contributed by atoms with van der Waals surface area (Å²) < 4.78 is 5.91. The van der Waals surface area contributed by atoms with E-state index in [-0.39, 0.29) is 0 Å². The van der Waals surface area contributed by atoms with Gasteiger partial charge in [0, 0.05) is 6.61 Å². The second-order valence-electron chi connectivity index (χ2n) is 6.57. The van der Waals surface area contributed by atoms with Crippen molar-refractivity contribution in [3.05, 3.63) is 48.0 Å². The molecule has 0 fully saturated rings. The van der Waals surface area contributed by atoms with Crippen LogP contribution in [0, 0.1) is 17.3 Å². The van der Waals surface area contributed by atoms with Crippen molar-refractivity contribution in [3.8, 4) is 0 Å². The Kier molecular flexibility index (Phi) is 5.42. The van der Waals surface area contributed by atoms with Crippen molar-refractivity contribution >= 4 is 0 Å². The van der Waals surface area contributed by atoms with Crippen LogP contribution < -0.4 is 0 Å². The summed E-state index contributed by atoms with van der Waals surface area (Å²) in [5.74, 6) is 1.25. The molecule has 2 rings (SSSR count). The zero-order valence-electron chi connectivity index (χ0n) is 13.1. The van der Waals surface area contributed by atoms with Gasteiger partial charge in [-0.05, 0) is 42.1 Å². The molecular formula is C19H28O. The highest BCUT2D eigenvalue weighted by Gasteiger charge is 2.32. The van der Waals surface area contributed by atoms with Crippen molar-refractivity contribution in [2.45, 2.75) is 46.6 Å². The molecule has 0 bridgehead atoms. The summed E-state index contributed by atoms with van der Waals surface area (Å²) in [6.07, 6.45) is 8.69. The molecule has 1 heteroatoms. The highest BCUT2D eigenvalue weighted by atomic mass is 16.5. The quantitative estimate of drug-likeness (QED) is 0.645. The molecule has 1 aromatic carbocycles. The summed E-state index contributed by atoms with van der Waals surface area (Å²) in [6.45, 7) is 8.68. The third kappa shape index (κ3) is 3.96. The molecule has 1 aromatic rings. The fourth-order valence-electron chi connectivity index (χ4n) is 3.15. The molecule has 1 nitrogen and oxygen atoms in total. The normalized spacial score (nSPS) is 25.4. The average molecular weight is 272 g/mol. The SMILES string of the molecule is C[C@H](COCc1ccccc1)[C@H](C)[C@]1(C)C=CCCC1. The van der Waals surface area contributed by atoms with Gasteiger partial charge in [-0.2, -0.15) is 0 Å². The predicted octanol–water partition coefficient (Wildman–Crippen LogP) is 5.22. The van der Waals surface area contributed by atoms with Crippen LogP contribution in [-0.2, 0) is 11.3 Å². The van der Waals surface area contributed by atoms with E-state index in [2.05, 4.69) is 57.2 Å². The summed E-state index contributed by atoms with van der Waals surface area (Å²) >= 11 is 0. The van der Waals surface area contributed by atoms with Gasteiger partial charge >= 0.3 is 0 Å². The van der Waals surface area contributed by atoms with E-state index >= 15 is 0 Å². The molecule has 0 radical (unpaired) electrons. The number of allylic oxidation sites excluding steroid dienone is 2. The summed E-state index contributed by atoms with van der Waals surface area (Å²) in [5, 5.41) is 0. The molecule has 0 unspecified atom stereocenters. The molecule has 1 aliphatic rings. The maximum Gasteiger partial charge on any atom is 0.0717 e. The van der Waals surface area contributed by atoms with E-state index in [0.29, 0.717) is 17.3 Å². The minimum Gasteiger partial charge on any atom is -0.376 e. The molecule has 0 spiro atoms. The summed E-state index contributed by atoms with van der Waals surface area (Å²) in [4.78, 5) is 0. The first kappa shape index (κ1) is 15.3. The molecule has 110 valence electrons. The van der Waals surface area contributed by atoms with Crippen LogP contribution in [0.2, 0.25) is 0 Å². The first-order chi connectivity index (χ1) is 9.62. The standard InChI is InChI=1S/C19H28O/c1-16(14-20-15-18-10-6-4-7-11-18)17(2)19(3)12-8-5-9-13-19/h4,6-8,10-12,16-17H,5,9,13-15H2,1-3H3/t16-,17+,19-/m1/s1. The van der Waals surface area contributed by atoms with Crippen molar-refractivity contribution < 1.29 is 4.74 Å². The number of rotatable bonds is 6. The van der Waals surface area contributed by atoms with Crippen LogP contribution in [0.25, 0.3) is 0 Å². The number of hydrogen-bond donors (Lipinski definition) is 0. The Labute approximate surface area is 124 Å². The molecule has 0 amide bonds. The van der Waals surface area contributed by atoms with Gasteiger partial charge in [0.15, 0.2) is 0 Å². The van der Waals surface area contributed by atoms with Crippen LogP contribution in [0.15, 0.2) is 42.5 Å². The smallest absolute Gasteiger partial charge is 0.0717 e. The number of benzene rings is 1. The van der Waals surface area contributed by atoms with Crippen molar-refractivity contribution in [3.63, 3.8) is 0 Å². The maximum atomic E-state index is 5.91. The van der Waals surface area contributed by atoms with Crippen LogP contribution >= 0.6 is 0 Å². The first-order valence-corrected chi connectivity index (χ1v) is 7.91. The lowest BCUT2D eigenvalue weighted by molar-refractivity contribution is 0.0486. The lowest BCUT2D eigenvalue weighted by Crippen LogP contribution is -2.31. The van der Waals surface area contributed by atoms with Crippen molar-refractivity contribution in [1.29, 1.82) is 0 Å². The Hall–Kier alpha value is -1.08. The van der Waals surface area contributed by atoms with E-state index in [1.807, 2.05) is 6.07 Å². The van der Waals surface area contributed by atoms with Crippen molar-refractivity contribution in [2.75, 3.05) is 6.61 Å². The van der Waals surface area contributed by atoms with Gasteiger partial charge in [-0.3, -0.25) is 0 Å². The Morgan fingerprint density at radius 3 is 2.60 bits per heavy atom. The second-order valence-corrected chi connectivity index (χ2v) is 6.57. The number of hydrogen-bond acceptors (Lipinski definition) is 1. The van der Waals surface area contributed by atoms with Crippen molar-refractivity contribution in [2.24, 2.45) is 17.3 Å². The van der Waals surface area contributed by atoms with E-state index in [9.17, 15) is 0 Å². The van der Waals surface area contributed by atoms with Crippen LogP contribution in [0.1, 0.15) is 45.6 Å². The van der Waals surface area contributed by atoms with E-state index < -0.39 is 0 Å². The van der Waals surface area contributed by atoms with Gasteiger partial charge in [0.25, 0.3) is 0 Å². The molecule has 1 aliphatic carbocycles. The lowest BCUT2D eigenvalue weighted by atomic mass is 9.67. The van der Waals surface area contributed by atoms with Crippen LogP contribution in [0.5, 0.6) is 0 Å². The molecule has 3 atom stereocenters. The highest BCUT2D eigenvalue weighted by molar-refractivity contribution is 5.13. The predicted molar refractivity (Wildman–Crippen MR) is 85.5 cm³/mol. The summed E-state index contributed by atoms with van der Waals surface area (Å²) in [7, 11) is 0. The average Bonchev–Trinajstić information content (AvgIpc) is 2.48. The molecule has 0 N–H and O–H groups in total. The van der Waals surface area contributed by atoms with Gasteiger partial charge in [0.1, 0.15) is 0 Å². The first-order valence-electron chi connectivity index (χ1n) is 7.91. The van der Waals surface area contributed by atoms with Gasteiger partial charge in [-0.1, -0.05) is 63.3 Å². The fourth-order valence-corrected chi connectivity index (χ4v) is 3.15. The summed E-state index contributed by atoms with van der Waals surface area (Å²) in [5.41, 5.74) is 1.62. The van der Waals surface area contributed by atoms with Crippen LogP contribution in [-0.4, -0.2) is 6.61 Å². The lowest BCUT2D eigenvalue weighted by Gasteiger charge is -2.38. The Balaban J connectivity index is 1.80. The third-order valence-electron chi connectivity index (χ3n) is 4.97. The monoisotopic (exact) mass is 272 g/mol. The zero-order chi connectivity index (χ0) is 14.4. The molecule has 0 aromatic heterocycles. The topological polar surface area (TPSA) is 9.23 Å². The fraction of sp³-hybridized carbons (Fsp3) is 0.579. The maximum absolute atomic E-state index is 5.91. The van der Waals surface area contributed by atoms with Gasteiger partial charge in [-0.15, -0.1) is 0 Å². The Bertz CT molecular complexity index is 423. The van der Waals surface area contributed by atoms with Gasteiger partial charge < -0.3 is 4.74 Å². The molecule has 0 saturated heterocycles. The molecule has 20 heavy (non-hydrogen) atoms. The van der Waals surface area contributed by atoms with E-state index in [0.717, 1.165) is 13.2 Å².